The monoisotopic (exact) mass is 380 g/mol. The van der Waals surface area contributed by atoms with Gasteiger partial charge in [0, 0.05) is 31.5 Å². The molecule has 0 aromatic heterocycles. The van der Waals surface area contributed by atoms with Gasteiger partial charge >= 0.3 is 0 Å². The van der Waals surface area contributed by atoms with Crippen LogP contribution in [-0.4, -0.2) is 43.3 Å². The molecule has 0 spiro atoms. The van der Waals surface area contributed by atoms with Crippen LogP contribution in [0.3, 0.4) is 0 Å². The normalized spacial score (nSPS) is 17.1. The number of Topliss-reactive ketones (excluding diaryl/α,β-unsaturated/α-hetero) is 1. The highest BCUT2D eigenvalue weighted by molar-refractivity contribution is 5.98. The first-order chi connectivity index (χ1) is 12.0. The fourth-order valence-corrected chi connectivity index (χ4v) is 3.57. The summed E-state index contributed by atoms with van der Waals surface area (Å²) in [7, 11) is 1.95. The number of hydrogen-bond donors (Lipinski definition) is 1. The molecular weight excluding hydrogens is 348 g/mol. The molecule has 1 aromatic carbocycles. The number of nitrogens with one attached hydrogen (secondary N) is 1. The number of carbonyl (C=O) groups is 2. The number of halogens is 1. The highest BCUT2D eigenvalue weighted by Crippen LogP contribution is 2.18. The molecule has 0 bridgehead atoms. The number of likely N-dealkylation sites (tertiary alicyclic amines) is 1. The van der Waals surface area contributed by atoms with Crippen molar-refractivity contribution in [3.05, 3.63) is 35.4 Å². The second kappa shape index (κ2) is 11.3. The van der Waals surface area contributed by atoms with Crippen molar-refractivity contribution >= 4 is 24.1 Å². The molecule has 1 heterocycles. The van der Waals surface area contributed by atoms with Crippen LogP contribution in [0.2, 0.25) is 0 Å². The van der Waals surface area contributed by atoms with Gasteiger partial charge in [-0.15, -0.1) is 12.4 Å². The van der Waals surface area contributed by atoms with E-state index in [0.717, 1.165) is 32.5 Å². The van der Waals surface area contributed by atoms with E-state index in [1.807, 2.05) is 36.2 Å². The Kier molecular flexibility index (Phi) is 9.89. The predicted molar refractivity (Wildman–Crippen MR) is 109 cm³/mol. The molecular formula is C21H33ClN2O2. The SMILES string of the molecule is CNCC1CCCN(C(=O)CCC(=O)c2ccc(CC(C)C)cc2)C1.Cl. The number of ketones is 1. The molecule has 1 atom stereocenters. The highest BCUT2D eigenvalue weighted by atomic mass is 35.5. The van der Waals surface area contributed by atoms with Crippen LogP contribution in [0.4, 0.5) is 0 Å². The zero-order valence-electron chi connectivity index (χ0n) is 16.3. The van der Waals surface area contributed by atoms with Crippen molar-refractivity contribution in [2.75, 3.05) is 26.7 Å². The van der Waals surface area contributed by atoms with Gasteiger partial charge in [-0.2, -0.15) is 0 Å². The lowest BCUT2D eigenvalue weighted by atomic mass is 9.97. The number of carbonyl (C=O) groups excluding carboxylic acids is 2. The summed E-state index contributed by atoms with van der Waals surface area (Å²) in [5.41, 5.74) is 1.97. The molecule has 1 aromatic rings. The minimum Gasteiger partial charge on any atom is -0.342 e. The maximum Gasteiger partial charge on any atom is 0.223 e. The second-order valence-corrected chi connectivity index (χ2v) is 7.62. The average molecular weight is 381 g/mol. The third kappa shape index (κ3) is 7.08. The number of rotatable bonds is 8. The quantitative estimate of drug-likeness (QED) is 0.699. The molecule has 5 heteroatoms. The van der Waals surface area contributed by atoms with Gasteiger partial charge in [0.05, 0.1) is 0 Å². The maximum atomic E-state index is 12.4. The minimum atomic E-state index is 0. The van der Waals surface area contributed by atoms with Gasteiger partial charge in [-0.05, 0) is 50.3 Å². The third-order valence-electron chi connectivity index (χ3n) is 4.85. The van der Waals surface area contributed by atoms with Crippen LogP contribution in [0.5, 0.6) is 0 Å². The van der Waals surface area contributed by atoms with Gasteiger partial charge in [-0.1, -0.05) is 38.1 Å². The largest absolute Gasteiger partial charge is 0.342 e. The summed E-state index contributed by atoms with van der Waals surface area (Å²) in [5, 5.41) is 3.19. The molecule has 146 valence electrons. The minimum absolute atomic E-state index is 0. The summed E-state index contributed by atoms with van der Waals surface area (Å²) in [6, 6.07) is 7.85. The van der Waals surface area contributed by atoms with E-state index in [0.29, 0.717) is 30.2 Å². The van der Waals surface area contributed by atoms with Gasteiger partial charge in [0.15, 0.2) is 5.78 Å². The summed E-state index contributed by atoms with van der Waals surface area (Å²) in [4.78, 5) is 26.7. The summed E-state index contributed by atoms with van der Waals surface area (Å²) < 4.78 is 0. The predicted octanol–water partition coefficient (Wildman–Crippen LogP) is 3.73. The van der Waals surface area contributed by atoms with Crippen molar-refractivity contribution in [2.45, 2.75) is 46.0 Å². The van der Waals surface area contributed by atoms with Gasteiger partial charge < -0.3 is 10.2 Å². The zero-order valence-corrected chi connectivity index (χ0v) is 17.1. The van der Waals surface area contributed by atoms with Crippen molar-refractivity contribution in [2.24, 2.45) is 11.8 Å². The Morgan fingerprint density at radius 1 is 1.19 bits per heavy atom. The van der Waals surface area contributed by atoms with Crippen LogP contribution in [0.1, 0.15) is 55.5 Å². The molecule has 1 saturated heterocycles. The molecule has 1 unspecified atom stereocenters. The van der Waals surface area contributed by atoms with Crippen LogP contribution in [0.25, 0.3) is 0 Å². The molecule has 1 fully saturated rings. The van der Waals surface area contributed by atoms with Gasteiger partial charge in [-0.25, -0.2) is 0 Å². The van der Waals surface area contributed by atoms with Crippen molar-refractivity contribution < 1.29 is 9.59 Å². The van der Waals surface area contributed by atoms with Gasteiger partial charge in [-0.3, -0.25) is 9.59 Å². The summed E-state index contributed by atoms with van der Waals surface area (Å²) in [5.74, 6) is 1.32. The number of hydrogen-bond acceptors (Lipinski definition) is 3. The van der Waals surface area contributed by atoms with E-state index in [1.54, 1.807) is 0 Å². The number of benzene rings is 1. The van der Waals surface area contributed by atoms with Crippen LogP contribution >= 0.6 is 12.4 Å². The zero-order chi connectivity index (χ0) is 18.2. The molecule has 0 radical (unpaired) electrons. The van der Waals surface area contributed by atoms with E-state index in [9.17, 15) is 9.59 Å². The first-order valence-corrected chi connectivity index (χ1v) is 9.54. The third-order valence-corrected chi connectivity index (χ3v) is 4.85. The van der Waals surface area contributed by atoms with Crippen LogP contribution in [0, 0.1) is 11.8 Å². The number of amides is 1. The van der Waals surface area contributed by atoms with Crippen LogP contribution < -0.4 is 5.32 Å². The van der Waals surface area contributed by atoms with E-state index >= 15 is 0 Å². The van der Waals surface area contributed by atoms with E-state index in [4.69, 9.17) is 0 Å². The Morgan fingerprint density at radius 3 is 2.50 bits per heavy atom. The Hall–Kier alpha value is -1.39. The topological polar surface area (TPSA) is 49.4 Å². The summed E-state index contributed by atoms with van der Waals surface area (Å²) in [6.45, 7) is 6.97. The highest BCUT2D eigenvalue weighted by Gasteiger charge is 2.23. The summed E-state index contributed by atoms with van der Waals surface area (Å²) in [6.07, 6.45) is 3.87. The first kappa shape index (κ1) is 22.7. The Balaban J connectivity index is 0.00000338. The lowest BCUT2D eigenvalue weighted by Gasteiger charge is -2.32. The lowest BCUT2D eigenvalue weighted by molar-refractivity contribution is -0.132. The van der Waals surface area contributed by atoms with E-state index in [-0.39, 0.29) is 24.1 Å². The lowest BCUT2D eigenvalue weighted by Crippen LogP contribution is -2.42. The Labute approximate surface area is 164 Å². The second-order valence-electron chi connectivity index (χ2n) is 7.62. The standard InChI is InChI=1S/C21H32N2O2.ClH/c1-16(2)13-17-6-8-19(9-7-17)20(24)10-11-21(25)23-12-4-5-18(15-23)14-22-3;/h6-9,16,18,22H,4-5,10-15H2,1-3H3;1H. The first-order valence-electron chi connectivity index (χ1n) is 9.54. The van der Waals surface area contributed by atoms with Gasteiger partial charge in [0.1, 0.15) is 0 Å². The van der Waals surface area contributed by atoms with Crippen molar-refractivity contribution in [1.82, 2.24) is 10.2 Å². The van der Waals surface area contributed by atoms with Crippen LogP contribution in [-0.2, 0) is 11.2 Å². The van der Waals surface area contributed by atoms with Crippen molar-refractivity contribution in [3.8, 4) is 0 Å². The number of piperidine rings is 1. The fraction of sp³-hybridized carbons (Fsp3) is 0.619. The molecule has 0 aliphatic carbocycles. The molecule has 1 amide bonds. The molecule has 4 nitrogen and oxygen atoms in total. The Morgan fingerprint density at radius 2 is 1.88 bits per heavy atom. The van der Waals surface area contributed by atoms with Gasteiger partial charge in [0.2, 0.25) is 5.91 Å². The van der Waals surface area contributed by atoms with Crippen LogP contribution in [0.15, 0.2) is 24.3 Å². The van der Waals surface area contributed by atoms with E-state index in [2.05, 4.69) is 19.2 Å². The van der Waals surface area contributed by atoms with Gasteiger partial charge in [0.25, 0.3) is 0 Å². The van der Waals surface area contributed by atoms with Crippen molar-refractivity contribution in [3.63, 3.8) is 0 Å². The molecule has 0 saturated carbocycles. The molecule has 1 aliphatic heterocycles. The molecule has 1 aliphatic rings. The maximum absolute atomic E-state index is 12.4. The fourth-order valence-electron chi connectivity index (χ4n) is 3.57. The number of nitrogens with zero attached hydrogens (tertiary/aromatic N) is 1. The smallest absolute Gasteiger partial charge is 0.223 e. The molecule has 2 rings (SSSR count). The van der Waals surface area contributed by atoms with E-state index < -0.39 is 0 Å². The average Bonchev–Trinajstić information content (AvgIpc) is 2.60. The Bertz CT molecular complexity index is 570. The molecule has 1 N–H and O–H groups in total. The summed E-state index contributed by atoms with van der Waals surface area (Å²) >= 11 is 0. The van der Waals surface area contributed by atoms with E-state index in [1.165, 1.54) is 12.0 Å². The van der Waals surface area contributed by atoms with Crippen molar-refractivity contribution in [1.29, 1.82) is 0 Å². The molecule has 26 heavy (non-hydrogen) atoms.